The molecule has 0 aromatic heterocycles. The Morgan fingerprint density at radius 3 is 0.900 bits per heavy atom. The van der Waals surface area contributed by atoms with Crippen LogP contribution in [0.25, 0.3) is 0 Å². The second-order valence-corrected chi connectivity index (χ2v) is 1.34. The zero-order chi connectivity index (χ0) is 4.50. The normalized spacial score (nSPS) is 5.90. The molecule has 0 heterocycles. The van der Waals surface area contributed by atoms with Crippen LogP contribution in [0.3, 0.4) is 0 Å². The fraction of sp³-hybridized carbons (Fsp3) is 0. The van der Waals surface area contributed by atoms with E-state index in [4.69, 9.17) is 19.2 Å². The van der Waals surface area contributed by atoms with E-state index in [0.29, 0.717) is 0 Å². The fourth-order valence-electron chi connectivity index (χ4n) is 0. The molecular formula is H4MgNa3O5P. The molecule has 44 valence electrons. The Labute approximate surface area is 141 Å². The van der Waals surface area contributed by atoms with E-state index in [2.05, 4.69) is 0 Å². The monoisotopic (exact) mass is 208 g/mol. The smallest absolute Gasteiger partial charge is 0.822 e. The van der Waals surface area contributed by atoms with Gasteiger partial charge in [-0.25, -0.2) is 0 Å². The summed E-state index contributed by atoms with van der Waals surface area (Å²) in [6.07, 6.45) is 0. The third kappa shape index (κ3) is 94.4. The van der Waals surface area contributed by atoms with Crippen LogP contribution in [0.5, 0.6) is 0 Å². The minimum atomic E-state index is -5.39. The molecule has 10 heteroatoms. The first kappa shape index (κ1) is 37.1. The Morgan fingerprint density at radius 2 is 0.900 bits per heavy atom. The second kappa shape index (κ2) is 18.6. The molecule has 0 rings (SSSR count). The summed E-state index contributed by atoms with van der Waals surface area (Å²) in [5.41, 5.74) is 0. The van der Waals surface area contributed by atoms with Gasteiger partial charge in [0.15, 0.2) is 0 Å². The van der Waals surface area contributed by atoms with Gasteiger partial charge in [0.1, 0.15) is 0 Å². The number of hydrogen-bond donors (Lipinski definition) is 0. The van der Waals surface area contributed by atoms with Crippen LogP contribution in [0.1, 0.15) is 0 Å². The molecule has 0 spiro atoms. The van der Waals surface area contributed by atoms with Crippen molar-refractivity contribution in [2.45, 2.75) is 0 Å². The van der Waals surface area contributed by atoms with Crippen molar-refractivity contribution < 1.29 is 113 Å². The van der Waals surface area contributed by atoms with Crippen LogP contribution in [0.15, 0.2) is 0 Å². The minimum Gasteiger partial charge on any atom is -0.822 e. The average Bonchev–Trinajstić information content (AvgIpc) is 0.722. The summed E-state index contributed by atoms with van der Waals surface area (Å²) < 4.78 is 8.55. The van der Waals surface area contributed by atoms with Gasteiger partial charge in [0.05, 0.1) is 0 Å². The molecule has 0 radical (unpaired) electrons. The number of hydrogen-bond acceptors (Lipinski definition) is 4. The van der Waals surface area contributed by atoms with Gasteiger partial charge in [0.2, 0.25) is 0 Å². The van der Waals surface area contributed by atoms with Crippen LogP contribution in [-0.4, -0.2) is 28.5 Å². The quantitative estimate of drug-likeness (QED) is 0.290. The first-order chi connectivity index (χ1) is 2.00. The molecule has 0 amide bonds. The van der Waals surface area contributed by atoms with E-state index >= 15 is 0 Å². The van der Waals surface area contributed by atoms with Crippen LogP contribution >= 0.6 is 7.82 Å². The van der Waals surface area contributed by atoms with E-state index in [1.54, 1.807) is 0 Å². The molecule has 0 aliphatic carbocycles. The van der Waals surface area contributed by atoms with E-state index < -0.39 is 7.82 Å². The van der Waals surface area contributed by atoms with Crippen molar-refractivity contribution in [1.82, 2.24) is 0 Å². The fourth-order valence-corrected chi connectivity index (χ4v) is 0. The largest absolute Gasteiger partial charge is 1.00 e. The molecule has 0 unspecified atom stereocenters. The van der Waals surface area contributed by atoms with Gasteiger partial charge in [-0.05, 0) is 0 Å². The summed E-state index contributed by atoms with van der Waals surface area (Å²) in [6, 6.07) is 0. The van der Waals surface area contributed by atoms with E-state index in [-0.39, 0.29) is 117 Å². The standard InChI is InChI=1S/Mg.3Na.H3O4P.H2O.2H/c;;;;1-5(2,3)4;;;/h;;;;(H3,1,2,3,4);1H2;;/q;3*+1;;;;/p-3. The summed E-state index contributed by atoms with van der Waals surface area (Å²) in [6.45, 7) is 0. The Hall–Kier alpha value is 3.84. The van der Waals surface area contributed by atoms with E-state index in [0.717, 1.165) is 0 Å². The Kier molecular flexibility index (Phi) is 69.0. The third-order valence-corrected chi connectivity index (χ3v) is 0. The van der Waals surface area contributed by atoms with Gasteiger partial charge in [-0.15, -0.1) is 0 Å². The summed E-state index contributed by atoms with van der Waals surface area (Å²) >= 11 is 0. The molecule has 0 aliphatic rings. The molecule has 0 saturated heterocycles. The molecule has 0 atom stereocenters. The van der Waals surface area contributed by atoms with Gasteiger partial charge in [-0.3, -0.25) is 0 Å². The van der Waals surface area contributed by atoms with Crippen molar-refractivity contribution in [1.29, 1.82) is 0 Å². The molecular weight excluding hydrogens is 204 g/mol. The van der Waals surface area contributed by atoms with Gasteiger partial charge in [0, 0.05) is 0 Å². The van der Waals surface area contributed by atoms with Crippen LogP contribution in [0.4, 0.5) is 0 Å². The molecule has 0 bridgehead atoms. The van der Waals surface area contributed by atoms with Crippen molar-refractivity contribution >= 4 is 30.9 Å². The zero-order valence-corrected chi connectivity index (χ0v) is 12.5. The van der Waals surface area contributed by atoms with Gasteiger partial charge in [-0.1, -0.05) is 0 Å². The Balaban J connectivity index is -0.00000000800. The molecule has 2 N–H and O–H groups in total. The van der Waals surface area contributed by atoms with Crippen molar-refractivity contribution in [3.63, 3.8) is 0 Å². The van der Waals surface area contributed by atoms with E-state index in [1.165, 1.54) is 0 Å². The molecule has 10 heavy (non-hydrogen) atoms. The van der Waals surface area contributed by atoms with Crippen molar-refractivity contribution in [2.75, 3.05) is 0 Å². The molecule has 0 aromatic rings. The van der Waals surface area contributed by atoms with Crippen LogP contribution in [-0.2, 0) is 4.57 Å². The van der Waals surface area contributed by atoms with Crippen LogP contribution in [0, 0.1) is 0 Å². The SMILES string of the molecule is O.O=P([O-])([O-])[O-].[MgH2].[Na+].[Na+].[Na+]. The van der Waals surface area contributed by atoms with Crippen LogP contribution < -0.4 is 103 Å². The number of rotatable bonds is 0. The van der Waals surface area contributed by atoms with Gasteiger partial charge >= 0.3 is 112 Å². The van der Waals surface area contributed by atoms with Crippen molar-refractivity contribution in [3.05, 3.63) is 0 Å². The summed E-state index contributed by atoms with van der Waals surface area (Å²) in [5.74, 6) is 0. The average molecular weight is 208 g/mol. The van der Waals surface area contributed by atoms with E-state index in [1.807, 2.05) is 0 Å². The predicted molar refractivity (Wildman–Crippen MR) is 19.8 cm³/mol. The molecule has 0 saturated carbocycles. The van der Waals surface area contributed by atoms with Gasteiger partial charge in [-0.2, -0.15) is 7.82 Å². The molecule has 0 aromatic carbocycles. The minimum absolute atomic E-state index is 0. The Bertz CT molecular complexity index is 63.0. The van der Waals surface area contributed by atoms with Gasteiger partial charge in [0.25, 0.3) is 0 Å². The first-order valence-corrected chi connectivity index (χ1v) is 2.19. The maximum Gasteiger partial charge on any atom is 1.00 e. The Morgan fingerprint density at radius 1 is 0.900 bits per heavy atom. The molecule has 0 aliphatic heterocycles. The van der Waals surface area contributed by atoms with Crippen molar-refractivity contribution in [2.24, 2.45) is 0 Å². The maximum absolute atomic E-state index is 8.55. The van der Waals surface area contributed by atoms with Gasteiger partial charge < -0.3 is 24.7 Å². The zero-order valence-electron chi connectivity index (χ0n) is 5.58. The first-order valence-electron chi connectivity index (χ1n) is 0.730. The van der Waals surface area contributed by atoms with E-state index in [9.17, 15) is 0 Å². The maximum atomic E-state index is 8.55. The van der Waals surface area contributed by atoms with Crippen molar-refractivity contribution in [3.8, 4) is 0 Å². The number of phosphoric acid groups is 1. The summed E-state index contributed by atoms with van der Waals surface area (Å²) in [7, 11) is -5.39. The predicted octanol–water partition coefficient (Wildman–Crippen LogP) is -13.6. The second-order valence-electron chi connectivity index (χ2n) is 0.447. The molecule has 0 fully saturated rings. The van der Waals surface area contributed by atoms with Crippen LogP contribution in [0.2, 0.25) is 0 Å². The summed E-state index contributed by atoms with van der Waals surface area (Å²) in [4.78, 5) is 25.6. The topological polar surface area (TPSA) is 118 Å². The third-order valence-electron chi connectivity index (χ3n) is 0. The molecule has 5 nitrogen and oxygen atoms in total. The summed E-state index contributed by atoms with van der Waals surface area (Å²) in [5, 5.41) is 0.